The molecular formula is C9H18N2O. The van der Waals surface area contributed by atoms with Crippen molar-refractivity contribution in [2.75, 3.05) is 0 Å². The van der Waals surface area contributed by atoms with Crippen LogP contribution in [0, 0.1) is 5.92 Å². The maximum Gasteiger partial charge on any atom is 0.237 e. The van der Waals surface area contributed by atoms with Gasteiger partial charge in [0, 0.05) is 6.04 Å². The first kappa shape index (κ1) is 9.52. The van der Waals surface area contributed by atoms with Crippen LogP contribution in [0.25, 0.3) is 0 Å². The van der Waals surface area contributed by atoms with Gasteiger partial charge in [-0.15, -0.1) is 0 Å². The zero-order valence-electron chi connectivity index (χ0n) is 7.84. The number of nitrogens with one attached hydrogen (secondary N) is 1. The zero-order valence-corrected chi connectivity index (χ0v) is 7.84. The number of nitrogens with two attached hydrogens (primary N) is 1. The maximum atomic E-state index is 11.2. The Morgan fingerprint density at radius 1 is 1.67 bits per heavy atom. The van der Waals surface area contributed by atoms with Crippen LogP contribution in [0.1, 0.15) is 33.1 Å². The van der Waals surface area contributed by atoms with Crippen LogP contribution in [0.5, 0.6) is 0 Å². The first-order valence-electron chi connectivity index (χ1n) is 4.69. The van der Waals surface area contributed by atoms with Gasteiger partial charge in [-0.2, -0.15) is 0 Å². The predicted molar refractivity (Wildman–Crippen MR) is 48.6 cm³/mol. The molecule has 1 rings (SSSR count). The van der Waals surface area contributed by atoms with Gasteiger partial charge < -0.3 is 11.1 Å². The van der Waals surface area contributed by atoms with Crippen molar-refractivity contribution in [2.24, 2.45) is 11.7 Å². The van der Waals surface area contributed by atoms with Crippen LogP contribution in [0.4, 0.5) is 0 Å². The van der Waals surface area contributed by atoms with Gasteiger partial charge in [0.05, 0.1) is 6.04 Å². The van der Waals surface area contributed by atoms with Crippen molar-refractivity contribution in [1.29, 1.82) is 0 Å². The highest BCUT2D eigenvalue weighted by Crippen LogP contribution is 2.26. The summed E-state index contributed by atoms with van der Waals surface area (Å²) in [7, 11) is 0. The van der Waals surface area contributed by atoms with E-state index < -0.39 is 0 Å². The number of carbonyl (C=O) groups excluding carboxylic acids is 1. The molecule has 1 saturated carbocycles. The fourth-order valence-electron chi connectivity index (χ4n) is 1.51. The van der Waals surface area contributed by atoms with E-state index in [0.717, 1.165) is 18.8 Å². The minimum Gasteiger partial charge on any atom is -0.352 e. The minimum absolute atomic E-state index is 0.00870. The first-order chi connectivity index (χ1) is 5.63. The molecule has 0 aromatic carbocycles. The van der Waals surface area contributed by atoms with Crippen LogP contribution in [0.3, 0.4) is 0 Å². The molecular weight excluding hydrogens is 152 g/mol. The predicted octanol–water partition coefficient (Wildman–Crippen LogP) is 0.638. The Morgan fingerprint density at radius 3 is 2.67 bits per heavy atom. The SMILES string of the molecule is CC[C@H](N)C(=O)NC1CC(C)C1. The largest absolute Gasteiger partial charge is 0.352 e. The van der Waals surface area contributed by atoms with Gasteiger partial charge in [0.2, 0.25) is 5.91 Å². The normalized spacial score (nSPS) is 30.6. The molecule has 1 amide bonds. The van der Waals surface area contributed by atoms with Crippen LogP contribution in [0.2, 0.25) is 0 Å². The Morgan fingerprint density at radius 2 is 2.25 bits per heavy atom. The lowest BCUT2D eigenvalue weighted by Gasteiger charge is -2.33. The molecule has 0 saturated heterocycles. The average molecular weight is 170 g/mol. The molecule has 70 valence electrons. The van der Waals surface area contributed by atoms with Crippen molar-refractivity contribution in [3.63, 3.8) is 0 Å². The molecule has 0 spiro atoms. The number of hydrogen-bond donors (Lipinski definition) is 2. The van der Waals surface area contributed by atoms with Crippen LogP contribution < -0.4 is 11.1 Å². The number of hydrogen-bond acceptors (Lipinski definition) is 2. The molecule has 1 atom stereocenters. The molecule has 0 aromatic heterocycles. The summed E-state index contributed by atoms with van der Waals surface area (Å²) < 4.78 is 0. The second kappa shape index (κ2) is 3.90. The summed E-state index contributed by atoms with van der Waals surface area (Å²) in [5.74, 6) is 0.780. The molecule has 0 heterocycles. The van der Waals surface area contributed by atoms with Crippen molar-refractivity contribution >= 4 is 5.91 Å². The Hall–Kier alpha value is -0.570. The zero-order chi connectivity index (χ0) is 9.14. The van der Waals surface area contributed by atoms with Gasteiger partial charge in [-0.1, -0.05) is 13.8 Å². The molecule has 0 aliphatic heterocycles. The second-order valence-electron chi connectivity index (χ2n) is 3.80. The van der Waals surface area contributed by atoms with E-state index in [4.69, 9.17) is 5.73 Å². The third kappa shape index (κ3) is 2.21. The summed E-state index contributed by atoms with van der Waals surface area (Å²) in [4.78, 5) is 11.2. The van der Waals surface area contributed by atoms with E-state index in [1.165, 1.54) is 0 Å². The molecule has 0 aromatic rings. The molecule has 3 heteroatoms. The molecule has 0 unspecified atom stereocenters. The van der Waals surface area contributed by atoms with Crippen molar-refractivity contribution < 1.29 is 4.79 Å². The lowest BCUT2D eigenvalue weighted by atomic mass is 9.82. The quantitative estimate of drug-likeness (QED) is 0.653. The van der Waals surface area contributed by atoms with Gasteiger partial charge in [0.15, 0.2) is 0 Å². The molecule has 0 bridgehead atoms. The Kier molecular flexibility index (Phi) is 3.09. The summed E-state index contributed by atoms with van der Waals surface area (Å²) in [6.07, 6.45) is 2.94. The highest BCUT2D eigenvalue weighted by atomic mass is 16.2. The summed E-state index contributed by atoms with van der Waals surface area (Å²) in [6.45, 7) is 4.12. The van der Waals surface area contributed by atoms with Crippen molar-refractivity contribution in [3.8, 4) is 0 Å². The fourth-order valence-corrected chi connectivity index (χ4v) is 1.51. The smallest absolute Gasteiger partial charge is 0.237 e. The summed E-state index contributed by atoms with van der Waals surface area (Å²) in [5, 5.41) is 2.93. The van der Waals surface area contributed by atoms with Gasteiger partial charge >= 0.3 is 0 Å². The average Bonchev–Trinajstić information content (AvgIpc) is 2.00. The van der Waals surface area contributed by atoms with Gasteiger partial charge in [0.25, 0.3) is 0 Å². The van der Waals surface area contributed by atoms with Crippen molar-refractivity contribution in [1.82, 2.24) is 5.32 Å². The molecule has 1 aliphatic rings. The molecule has 12 heavy (non-hydrogen) atoms. The van der Waals surface area contributed by atoms with E-state index >= 15 is 0 Å². The van der Waals surface area contributed by atoms with Crippen LogP contribution in [-0.4, -0.2) is 18.0 Å². The van der Waals surface area contributed by atoms with E-state index in [2.05, 4.69) is 12.2 Å². The van der Waals surface area contributed by atoms with E-state index in [1.54, 1.807) is 0 Å². The molecule has 3 N–H and O–H groups in total. The number of amides is 1. The minimum atomic E-state index is -0.319. The van der Waals surface area contributed by atoms with E-state index in [0.29, 0.717) is 12.5 Å². The molecule has 3 nitrogen and oxygen atoms in total. The second-order valence-corrected chi connectivity index (χ2v) is 3.80. The van der Waals surface area contributed by atoms with Gasteiger partial charge in [0.1, 0.15) is 0 Å². The molecule has 1 aliphatic carbocycles. The maximum absolute atomic E-state index is 11.2. The fraction of sp³-hybridized carbons (Fsp3) is 0.889. The molecule has 0 radical (unpaired) electrons. The Bertz CT molecular complexity index is 164. The third-order valence-electron chi connectivity index (χ3n) is 2.50. The van der Waals surface area contributed by atoms with E-state index in [-0.39, 0.29) is 11.9 Å². The highest BCUT2D eigenvalue weighted by molar-refractivity contribution is 5.81. The first-order valence-corrected chi connectivity index (χ1v) is 4.69. The Balaban J connectivity index is 2.18. The van der Waals surface area contributed by atoms with Crippen LogP contribution >= 0.6 is 0 Å². The summed E-state index contributed by atoms with van der Waals surface area (Å²) >= 11 is 0. The monoisotopic (exact) mass is 170 g/mol. The lowest BCUT2D eigenvalue weighted by molar-refractivity contribution is -0.123. The van der Waals surface area contributed by atoms with Gasteiger partial charge in [-0.25, -0.2) is 0 Å². The summed E-state index contributed by atoms with van der Waals surface area (Å²) in [5.41, 5.74) is 5.57. The Labute approximate surface area is 73.7 Å². The molecule has 1 fully saturated rings. The topological polar surface area (TPSA) is 55.1 Å². The number of rotatable bonds is 3. The van der Waals surface area contributed by atoms with Crippen LogP contribution in [0.15, 0.2) is 0 Å². The van der Waals surface area contributed by atoms with E-state index in [9.17, 15) is 4.79 Å². The number of carbonyl (C=O) groups is 1. The standard InChI is InChI=1S/C9H18N2O/c1-3-8(10)9(12)11-7-4-6(2)5-7/h6-8H,3-5,10H2,1-2H3,(H,11,12)/t6?,7?,8-/m0/s1. The summed E-state index contributed by atoms with van der Waals surface area (Å²) in [6, 6.07) is 0.0750. The van der Waals surface area contributed by atoms with Crippen molar-refractivity contribution in [2.45, 2.75) is 45.2 Å². The third-order valence-corrected chi connectivity index (χ3v) is 2.50. The van der Waals surface area contributed by atoms with Gasteiger partial charge in [-0.3, -0.25) is 4.79 Å². The van der Waals surface area contributed by atoms with Gasteiger partial charge in [-0.05, 0) is 25.2 Å². The van der Waals surface area contributed by atoms with E-state index in [1.807, 2.05) is 6.92 Å². The lowest BCUT2D eigenvalue weighted by Crippen LogP contribution is -2.49. The van der Waals surface area contributed by atoms with Crippen LogP contribution in [-0.2, 0) is 4.79 Å². The van der Waals surface area contributed by atoms with Crippen molar-refractivity contribution in [3.05, 3.63) is 0 Å². The highest BCUT2D eigenvalue weighted by Gasteiger charge is 2.27.